The zero-order valence-electron chi connectivity index (χ0n) is 11.2. The first-order chi connectivity index (χ1) is 8.65. The summed E-state index contributed by atoms with van der Waals surface area (Å²) >= 11 is 0. The van der Waals surface area contributed by atoms with Crippen LogP contribution in [0.3, 0.4) is 0 Å². The smallest absolute Gasteiger partial charge is 0.219 e. The predicted octanol–water partition coefficient (Wildman–Crippen LogP) is 3.35. The first-order valence-electron chi connectivity index (χ1n) is 6.63. The van der Waals surface area contributed by atoms with Crippen LogP contribution in [0.1, 0.15) is 32.3 Å². The molecule has 0 heterocycles. The van der Waals surface area contributed by atoms with Gasteiger partial charge in [-0.1, -0.05) is 42.0 Å². The molecule has 1 aromatic carbocycles. The molecule has 1 aliphatic carbocycles. The Morgan fingerprint density at radius 2 is 1.94 bits per heavy atom. The Labute approximate surface area is 109 Å². The van der Waals surface area contributed by atoms with Crippen LogP contribution in [-0.4, -0.2) is 23.9 Å². The van der Waals surface area contributed by atoms with Gasteiger partial charge in [-0.15, -0.1) is 0 Å². The van der Waals surface area contributed by atoms with Crippen molar-refractivity contribution in [2.75, 3.05) is 13.1 Å². The van der Waals surface area contributed by atoms with Crippen molar-refractivity contribution in [3.8, 4) is 0 Å². The van der Waals surface area contributed by atoms with Gasteiger partial charge in [-0.2, -0.15) is 0 Å². The number of rotatable bonds is 5. The molecule has 1 fully saturated rings. The lowest BCUT2D eigenvalue weighted by Gasteiger charge is -2.21. The van der Waals surface area contributed by atoms with Gasteiger partial charge in [0.05, 0.1) is 0 Å². The van der Waals surface area contributed by atoms with Crippen LogP contribution in [0.5, 0.6) is 0 Å². The van der Waals surface area contributed by atoms with E-state index in [-0.39, 0.29) is 5.91 Å². The topological polar surface area (TPSA) is 20.3 Å². The van der Waals surface area contributed by atoms with Gasteiger partial charge in [0.1, 0.15) is 0 Å². The van der Waals surface area contributed by atoms with Crippen LogP contribution in [-0.2, 0) is 4.79 Å². The minimum atomic E-state index is 0.183. The van der Waals surface area contributed by atoms with E-state index in [0.29, 0.717) is 0 Å². The van der Waals surface area contributed by atoms with E-state index in [9.17, 15) is 4.79 Å². The molecule has 0 aromatic heterocycles. The molecule has 0 spiro atoms. The molecule has 1 aromatic rings. The fourth-order valence-corrected chi connectivity index (χ4v) is 2.10. The highest BCUT2D eigenvalue weighted by atomic mass is 16.2. The molecule has 96 valence electrons. The quantitative estimate of drug-likeness (QED) is 0.776. The highest BCUT2D eigenvalue weighted by molar-refractivity contribution is 5.73. The fraction of sp³-hybridized carbons (Fsp3) is 0.438. The standard InChI is InChI=1S/C16H21NO/c1-13(10-15-6-4-3-5-7-15)11-17(14(2)18)12-16-8-9-16/h3-7,10,16H,8-9,11-12H2,1-2H3. The number of amides is 1. The molecule has 0 bridgehead atoms. The first kappa shape index (κ1) is 12.9. The second-order valence-electron chi connectivity index (χ2n) is 5.24. The molecule has 0 aliphatic heterocycles. The summed E-state index contributed by atoms with van der Waals surface area (Å²) in [6.07, 6.45) is 4.72. The van der Waals surface area contributed by atoms with E-state index in [1.165, 1.54) is 24.0 Å². The van der Waals surface area contributed by atoms with Crippen molar-refractivity contribution in [3.05, 3.63) is 41.5 Å². The molecule has 1 amide bonds. The van der Waals surface area contributed by atoms with Gasteiger partial charge in [0, 0.05) is 20.0 Å². The van der Waals surface area contributed by atoms with Gasteiger partial charge in [-0.3, -0.25) is 4.79 Å². The fourth-order valence-electron chi connectivity index (χ4n) is 2.10. The highest BCUT2D eigenvalue weighted by Gasteiger charge is 2.25. The molecule has 0 atom stereocenters. The Morgan fingerprint density at radius 3 is 2.50 bits per heavy atom. The normalized spacial score (nSPS) is 15.6. The number of carbonyl (C=O) groups is 1. The molecule has 1 aliphatic rings. The molecule has 0 N–H and O–H groups in total. The Morgan fingerprint density at radius 1 is 1.28 bits per heavy atom. The first-order valence-corrected chi connectivity index (χ1v) is 6.63. The van der Waals surface area contributed by atoms with E-state index < -0.39 is 0 Å². The molecule has 0 radical (unpaired) electrons. The van der Waals surface area contributed by atoms with E-state index in [2.05, 4.69) is 25.1 Å². The summed E-state index contributed by atoms with van der Waals surface area (Å²) in [7, 11) is 0. The summed E-state index contributed by atoms with van der Waals surface area (Å²) in [6.45, 7) is 5.43. The lowest BCUT2D eigenvalue weighted by Crippen LogP contribution is -2.32. The number of benzene rings is 1. The van der Waals surface area contributed by atoms with E-state index in [4.69, 9.17) is 0 Å². The maximum Gasteiger partial charge on any atom is 0.219 e. The monoisotopic (exact) mass is 243 g/mol. The van der Waals surface area contributed by atoms with Gasteiger partial charge in [-0.05, 0) is 31.2 Å². The number of hydrogen-bond donors (Lipinski definition) is 0. The lowest BCUT2D eigenvalue weighted by atomic mass is 10.1. The molecule has 18 heavy (non-hydrogen) atoms. The molecule has 2 nitrogen and oxygen atoms in total. The van der Waals surface area contributed by atoms with Gasteiger partial charge in [-0.25, -0.2) is 0 Å². The summed E-state index contributed by atoms with van der Waals surface area (Å²) in [5.74, 6) is 0.932. The van der Waals surface area contributed by atoms with Crippen molar-refractivity contribution >= 4 is 12.0 Å². The molecule has 2 heteroatoms. The summed E-state index contributed by atoms with van der Waals surface area (Å²) in [6, 6.07) is 10.3. The van der Waals surface area contributed by atoms with Crippen molar-refractivity contribution in [2.24, 2.45) is 5.92 Å². The van der Waals surface area contributed by atoms with Gasteiger partial charge in [0.25, 0.3) is 0 Å². The van der Waals surface area contributed by atoms with E-state index >= 15 is 0 Å². The average Bonchev–Trinajstić information content (AvgIpc) is 3.13. The zero-order chi connectivity index (χ0) is 13.0. The maximum absolute atomic E-state index is 11.6. The third-order valence-electron chi connectivity index (χ3n) is 3.27. The van der Waals surface area contributed by atoms with Crippen molar-refractivity contribution < 1.29 is 4.79 Å². The highest BCUT2D eigenvalue weighted by Crippen LogP contribution is 2.30. The second kappa shape index (κ2) is 5.85. The number of nitrogens with zero attached hydrogens (tertiary/aromatic N) is 1. The Hall–Kier alpha value is -1.57. The van der Waals surface area contributed by atoms with Crippen molar-refractivity contribution in [3.63, 3.8) is 0 Å². The Balaban J connectivity index is 1.97. The second-order valence-corrected chi connectivity index (χ2v) is 5.24. The van der Waals surface area contributed by atoms with E-state index in [1.807, 2.05) is 23.1 Å². The number of carbonyl (C=O) groups excluding carboxylic acids is 1. The Kier molecular flexibility index (Phi) is 4.19. The van der Waals surface area contributed by atoms with Crippen LogP contribution in [0.2, 0.25) is 0 Å². The molecule has 0 unspecified atom stereocenters. The van der Waals surface area contributed by atoms with Crippen LogP contribution in [0.15, 0.2) is 35.9 Å². The summed E-state index contributed by atoms with van der Waals surface area (Å²) < 4.78 is 0. The minimum absolute atomic E-state index is 0.183. The van der Waals surface area contributed by atoms with Crippen LogP contribution in [0, 0.1) is 5.92 Å². The molecule has 0 saturated heterocycles. The van der Waals surface area contributed by atoms with E-state index in [1.54, 1.807) is 6.92 Å². The third-order valence-corrected chi connectivity index (χ3v) is 3.27. The van der Waals surface area contributed by atoms with Crippen LogP contribution in [0.4, 0.5) is 0 Å². The lowest BCUT2D eigenvalue weighted by molar-refractivity contribution is -0.128. The van der Waals surface area contributed by atoms with Crippen LogP contribution < -0.4 is 0 Å². The SMILES string of the molecule is CC(=O)N(CC(C)=Cc1ccccc1)CC1CC1. The van der Waals surface area contributed by atoms with Crippen molar-refractivity contribution in [2.45, 2.75) is 26.7 Å². The van der Waals surface area contributed by atoms with Crippen LogP contribution >= 0.6 is 0 Å². The minimum Gasteiger partial charge on any atom is -0.339 e. The van der Waals surface area contributed by atoms with Gasteiger partial charge < -0.3 is 4.90 Å². The van der Waals surface area contributed by atoms with Gasteiger partial charge in [0.2, 0.25) is 5.91 Å². The number of hydrogen-bond acceptors (Lipinski definition) is 1. The van der Waals surface area contributed by atoms with Gasteiger partial charge >= 0.3 is 0 Å². The molecule has 1 saturated carbocycles. The summed E-state index contributed by atoms with van der Waals surface area (Å²) in [4.78, 5) is 13.6. The molecular weight excluding hydrogens is 222 g/mol. The third kappa shape index (κ3) is 4.02. The molecule has 2 rings (SSSR count). The maximum atomic E-state index is 11.6. The summed E-state index contributed by atoms with van der Waals surface area (Å²) in [5, 5.41) is 0. The van der Waals surface area contributed by atoms with Crippen molar-refractivity contribution in [1.29, 1.82) is 0 Å². The predicted molar refractivity (Wildman–Crippen MR) is 75.1 cm³/mol. The largest absolute Gasteiger partial charge is 0.339 e. The average molecular weight is 243 g/mol. The summed E-state index contributed by atoms with van der Waals surface area (Å²) in [5.41, 5.74) is 2.43. The van der Waals surface area contributed by atoms with Crippen molar-refractivity contribution in [1.82, 2.24) is 4.90 Å². The van der Waals surface area contributed by atoms with Crippen LogP contribution in [0.25, 0.3) is 6.08 Å². The van der Waals surface area contributed by atoms with Gasteiger partial charge in [0.15, 0.2) is 0 Å². The van der Waals surface area contributed by atoms with E-state index in [0.717, 1.165) is 19.0 Å². The molecular formula is C16H21NO. The zero-order valence-corrected chi connectivity index (χ0v) is 11.2. The Bertz CT molecular complexity index is 432.